The largest absolute Gasteiger partial charge is 0.321 e. The predicted octanol–water partition coefficient (Wildman–Crippen LogP) is 4.31. The molecule has 0 saturated heterocycles. The molecule has 0 radical (unpaired) electrons. The van der Waals surface area contributed by atoms with E-state index in [4.69, 9.17) is 0 Å². The second-order valence-electron chi connectivity index (χ2n) is 5.49. The van der Waals surface area contributed by atoms with Gasteiger partial charge in [0, 0.05) is 11.9 Å². The van der Waals surface area contributed by atoms with E-state index in [1.807, 2.05) is 19.1 Å². The van der Waals surface area contributed by atoms with Crippen LogP contribution in [0.1, 0.15) is 23.0 Å². The number of nitrogens with one attached hydrogen (secondary N) is 2. The highest BCUT2D eigenvalue weighted by atomic mass is 19.1. The van der Waals surface area contributed by atoms with Gasteiger partial charge in [-0.1, -0.05) is 25.1 Å². The molecule has 0 saturated carbocycles. The molecule has 0 spiro atoms. The average molecular weight is 354 g/mol. The fourth-order valence-electron chi connectivity index (χ4n) is 2.29. The standard InChI is InChI=1S/C19H16F2N4O/c1-2-12-6-8-13(9-7-12)23-18(26)16-10-11-22-19(24-16)25-17-14(20)4-3-5-15(17)21/h3-11H,2H2,1H3,(H,23,26)(H,22,24,25). The summed E-state index contributed by atoms with van der Waals surface area (Å²) in [5, 5.41) is 5.18. The van der Waals surface area contributed by atoms with Crippen molar-refractivity contribution in [3.05, 3.63) is 77.6 Å². The number of para-hydroxylation sites is 1. The van der Waals surface area contributed by atoms with E-state index in [2.05, 4.69) is 20.6 Å². The lowest BCUT2D eigenvalue weighted by Gasteiger charge is -2.09. The Bertz CT molecular complexity index is 909. The average Bonchev–Trinajstić information content (AvgIpc) is 2.66. The van der Waals surface area contributed by atoms with Crippen molar-refractivity contribution < 1.29 is 13.6 Å². The Morgan fingerprint density at radius 1 is 1.04 bits per heavy atom. The van der Waals surface area contributed by atoms with Crippen LogP contribution in [-0.4, -0.2) is 15.9 Å². The Morgan fingerprint density at radius 3 is 2.38 bits per heavy atom. The number of hydrogen-bond donors (Lipinski definition) is 2. The van der Waals surface area contributed by atoms with Crippen molar-refractivity contribution in [3.63, 3.8) is 0 Å². The van der Waals surface area contributed by atoms with Crippen molar-refractivity contribution in [1.29, 1.82) is 0 Å². The van der Waals surface area contributed by atoms with Crippen LogP contribution < -0.4 is 10.6 Å². The van der Waals surface area contributed by atoms with Gasteiger partial charge in [0.15, 0.2) is 0 Å². The lowest BCUT2D eigenvalue weighted by molar-refractivity contribution is 0.102. The van der Waals surface area contributed by atoms with Gasteiger partial charge in [0.1, 0.15) is 23.0 Å². The summed E-state index contributed by atoms with van der Waals surface area (Å²) >= 11 is 0. The van der Waals surface area contributed by atoms with Crippen LogP contribution in [0, 0.1) is 11.6 Å². The lowest BCUT2D eigenvalue weighted by Crippen LogP contribution is -2.15. The van der Waals surface area contributed by atoms with Crippen molar-refractivity contribution in [3.8, 4) is 0 Å². The number of aromatic nitrogens is 2. The van der Waals surface area contributed by atoms with Gasteiger partial charge in [-0.25, -0.2) is 18.7 Å². The molecule has 7 heteroatoms. The summed E-state index contributed by atoms with van der Waals surface area (Å²) in [5.74, 6) is -2.09. The maximum absolute atomic E-state index is 13.7. The number of amides is 1. The number of aryl methyl sites for hydroxylation is 1. The minimum absolute atomic E-state index is 0.0683. The van der Waals surface area contributed by atoms with E-state index in [0.29, 0.717) is 5.69 Å². The number of benzene rings is 2. The third-order valence-electron chi connectivity index (χ3n) is 3.71. The van der Waals surface area contributed by atoms with E-state index in [1.165, 1.54) is 18.3 Å². The summed E-state index contributed by atoms with van der Waals surface area (Å²) in [6, 6.07) is 12.3. The van der Waals surface area contributed by atoms with E-state index < -0.39 is 17.5 Å². The normalized spacial score (nSPS) is 10.4. The second kappa shape index (κ2) is 7.69. The van der Waals surface area contributed by atoms with Crippen LogP contribution in [0.25, 0.3) is 0 Å². The highest BCUT2D eigenvalue weighted by Crippen LogP contribution is 2.21. The highest BCUT2D eigenvalue weighted by molar-refractivity contribution is 6.03. The summed E-state index contributed by atoms with van der Waals surface area (Å²) in [5.41, 5.74) is 1.47. The molecule has 0 aliphatic carbocycles. The molecule has 1 amide bonds. The van der Waals surface area contributed by atoms with Gasteiger partial charge in [0.2, 0.25) is 5.95 Å². The first-order valence-electron chi connectivity index (χ1n) is 8.01. The monoisotopic (exact) mass is 354 g/mol. The number of nitrogens with zero attached hydrogens (tertiary/aromatic N) is 2. The molecule has 0 fully saturated rings. The fourth-order valence-corrected chi connectivity index (χ4v) is 2.29. The number of carbonyl (C=O) groups is 1. The van der Waals surface area contributed by atoms with Gasteiger partial charge in [0.05, 0.1) is 0 Å². The number of hydrogen-bond acceptors (Lipinski definition) is 4. The minimum atomic E-state index is -0.778. The van der Waals surface area contributed by atoms with Crippen LogP contribution in [-0.2, 0) is 6.42 Å². The molecule has 3 aromatic rings. The van der Waals surface area contributed by atoms with Crippen LogP contribution in [0.5, 0.6) is 0 Å². The molecule has 1 aromatic heterocycles. The van der Waals surface area contributed by atoms with Crippen LogP contribution in [0.4, 0.5) is 26.1 Å². The van der Waals surface area contributed by atoms with E-state index >= 15 is 0 Å². The van der Waals surface area contributed by atoms with Crippen LogP contribution in [0.15, 0.2) is 54.7 Å². The van der Waals surface area contributed by atoms with Crippen molar-refractivity contribution in [2.24, 2.45) is 0 Å². The van der Waals surface area contributed by atoms with E-state index in [9.17, 15) is 13.6 Å². The van der Waals surface area contributed by atoms with Gasteiger partial charge in [-0.3, -0.25) is 4.79 Å². The SMILES string of the molecule is CCc1ccc(NC(=O)c2ccnc(Nc3c(F)cccc3F)n2)cc1. The van der Waals surface area contributed by atoms with Gasteiger partial charge in [0.25, 0.3) is 5.91 Å². The van der Waals surface area contributed by atoms with Gasteiger partial charge in [-0.15, -0.1) is 0 Å². The maximum atomic E-state index is 13.7. The smallest absolute Gasteiger partial charge is 0.274 e. The molecule has 0 unspecified atom stereocenters. The third-order valence-corrected chi connectivity index (χ3v) is 3.71. The zero-order valence-corrected chi connectivity index (χ0v) is 14.0. The topological polar surface area (TPSA) is 66.9 Å². The van der Waals surface area contributed by atoms with Crippen LogP contribution >= 0.6 is 0 Å². The first kappa shape index (κ1) is 17.5. The van der Waals surface area contributed by atoms with Crippen molar-refractivity contribution >= 4 is 23.2 Å². The van der Waals surface area contributed by atoms with Crippen LogP contribution in [0.2, 0.25) is 0 Å². The number of anilines is 3. The zero-order chi connectivity index (χ0) is 18.5. The minimum Gasteiger partial charge on any atom is -0.321 e. The molecule has 1 heterocycles. The Labute approximate surface area is 149 Å². The molecule has 26 heavy (non-hydrogen) atoms. The molecule has 0 aliphatic heterocycles. The molecule has 0 bridgehead atoms. The van der Waals surface area contributed by atoms with Gasteiger partial charge in [-0.2, -0.15) is 0 Å². The van der Waals surface area contributed by atoms with Crippen LogP contribution in [0.3, 0.4) is 0 Å². The fraction of sp³-hybridized carbons (Fsp3) is 0.105. The second-order valence-corrected chi connectivity index (χ2v) is 5.49. The lowest BCUT2D eigenvalue weighted by atomic mass is 10.1. The van der Waals surface area contributed by atoms with Gasteiger partial charge in [-0.05, 0) is 42.3 Å². The number of carbonyl (C=O) groups excluding carboxylic acids is 1. The van der Waals surface area contributed by atoms with Crippen molar-refractivity contribution in [2.75, 3.05) is 10.6 Å². The molecule has 2 aromatic carbocycles. The molecule has 0 aliphatic rings. The summed E-state index contributed by atoms with van der Waals surface area (Å²) in [6.45, 7) is 2.04. The van der Waals surface area contributed by atoms with Crippen molar-refractivity contribution in [2.45, 2.75) is 13.3 Å². The quantitative estimate of drug-likeness (QED) is 0.716. The summed E-state index contributed by atoms with van der Waals surface area (Å²) in [7, 11) is 0. The molecular formula is C19H16F2N4O. The van der Waals surface area contributed by atoms with E-state index in [-0.39, 0.29) is 17.3 Å². The molecule has 3 rings (SSSR count). The summed E-state index contributed by atoms with van der Waals surface area (Å²) < 4.78 is 27.4. The zero-order valence-electron chi connectivity index (χ0n) is 14.0. The first-order chi connectivity index (χ1) is 12.6. The molecule has 2 N–H and O–H groups in total. The predicted molar refractivity (Wildman–Crippen MR) is 95.4 cm³/mol. The number of halogens is 2. The molecular weight excluding hydrogens is 338 g/mol. The summed E-state index contributed by atoms with van der Waals surface area (Å²) in [4.78, 5) is 20.2. The Hall–Kier alpha value is -3.35. The maximum Gasteiger partial charge on any atom is 0.274 e. The summed E-state index contributed by atoms with van der Waals surface area (Å²) in [6.07, 6.45) is 2.24. The third kappa shape index (κ3) is 4.00. The molecule has 0 atom stereocenters. The van der Waals surface area contributed by atoms with Gasteiger partial charge < -0.3 is 10.6 Å². The Morgan fingerprint density at radius 2 is 1.73 bits per heavy atom. The number of rotatable bonds is 5. The first-order valence-corrected chi connectivity index (χ1v) is 8.01. The Balaban J connectivity index is 1.76. The van der Waals surface area contributed by atoms with E-state index in [0.717, 1.165) is 24.1 Å². The van der Waals surface area contributed by atoms with Gasteiger partial charge >= 0.3 is 0 Å². The molecule has 5 nitrogen and oxygen atoms in total. The highest BCUT2D eigenvalue weighted by Gasteiger charge is 2.13. The van der Waals surface area contributed by atoms with Crippen molar-refractivity contribution in [1.82, 2.24) is 9.97 Å². The Kier molecular flexibility index (Phi) is 5.17. The molecule has 132 valence electrons. The van der Waals surface area contributed by atoms with E-state index in [1.54, 1.807) is 12.1 Å².